The van der Waals surface area contributed by atoms with Gasteiger partial charge in [-0.2, -0.15) is 0 Å². The Balaban J connectivity index is 1.86. The van der Waals surface area contributed by atoms with Crippen LogP contribution >= 0.6 is 23.1 Å². The first-order valence-electron chi connectivity index (χ1n) is 7.81. The summed E-state index contributed by atoms with van der Waals surface area (Å²) in [4.78, 5) is 23.8. The number of methoxy groups -OCH3 is 1. The van der Waals surface area contributed by atoms with Gasteiger partial charge in [-0.3, -0.25) is 4.79 Å². The molecule has 0 saturated heterocycles. The van der Waals surface area contributed by atoms with Gasteiger partial charge in [0.15, 0.2) is 4.34 Å². The van der Waals surface area contributed by atoms with Gasteiger partial charge in [0.05, 0.1) is 24.1 Å². The lowest BCUT2D eigenvalue weighted by Gasteiger charge is -2.08. The van der Waals surface area contributed by atoms with Gasteiger partial charge in [0.2, 0.25) is 11.0 Å². The van der Waals surface area contributed by atoms with Crippen molar-refractivity contribution in [3.63, 3.8) is 0 Å². The number of para-hydroxylation sites is 1. The van der Waals surface area contributed by atoms with Crippen LogP contribution in [0.5, 0.6) is 0 Å². The van der Waals surface area contributed by atoms with Crippen molar-refractivity contribution in [2.24, 2.45) is 0 Å². The van der Waals surface area contributed by atoms with E-state index in [1.54, 1.807) is 24.3 Å². The number of thioether (sulfide) groups is 1. The smallest absolute Gasteiger partial charge is 0.339 e. The van der Waals surface area contributed by atoms with E-state index < -0.39 is 5.97 Å². The Kier molecular flexibility index (Phi) is 7.68. The van der Waals surface area contributed by atoms with Gasteiger partial charge in [0.1, 0.15) is 0 Å². The van der Waals surface area contributed by atoms with E-state index in [0.717, 1.165) is 28.9 Å². The monoisotopic (exact) mass is 380 g/mol. The van der Waals surface area contributed by atoms with E-state index >= 15 is 0 Å². The fourth-order valence-corrected chi connectivity index (χ4v) is 3.48. The number of hydrogen-bond acceptors (Lipinski definition) is 8. The van der Waals surface area contributed by atoms with Crippen LogP contribution < -0.4 is 10.6 Å². The molecule has 134 valence electrons. The molecule has 0 fully saturated rings. The van der Waals surface area contributed by atoms with E-state index in [0.29, 0.717) is 11.3 Å². The molecule has 0 aliphatic heterocycles. The largest absolute Gasteiger partial charge is 0.465 e. The van der Waals surface area contributed by atoms with Gasteiger partial charge in [0, 0.05) is 6.54 Å². The van der Waals surface area contributed by atoms with Crippen LogP contribution in [0.4, 0.5) is 10.8 Å². The number of rotatable bonds is 9. The minimum Gasteiger partial charge on any atom is -0.465 e. The zero-order chi connectivity index (χ0) is 18.1. The summed E-state index contributed by atoms with van der Waals surface area (Å²) in [6.07, 6.45) is 2.19. The van der Waals surface area contributed by atoms with Gasteiger partial charge in [-0.05, 0) is 18.6 Å². The number of amides is 1. The first kappa shape index (κ1) is 19.2. The third-order valence-corrected chi connectivity index (χ3v) is 5.16. The number of benzene rings is 1. The lowest BCUT2D eigenvalue weighted by atomic mass is 10.2. The fraction of sp³-hybridized carbons (Fsp3) is 0.375. The van der Waals surface area contributed by atoms with Gasteiger partial charge in [-0.15, -0.1) is 10.2 Å². The molecular formula is C16H20N4O3S2. The van der Waals surface area contributed by atoms with Crippen LogP contribution in [0.25, 0.3) is 0 Å². The lowest BCUT2D eigenvalue weighted by Crippen LogP contribution is -2.17. The van der Waals surface area contributed by atoms with E-state index in [9.17, 15) is 9.59 Å². The summed E-state index contributed by atoms with van der Waals surface area (Å²) in [5.74, 6) is -0.536. The first-order valence-corrected chi connectivity index (χ1v) is 9.61. The summed E-state index contributed by atoms with van der Waals surface area (Å²) in [6, 6.07) is 6.72. The SMILES string of the molecule is CCCCNc1nnc(SCC(=O)Nc2ccccc2C(=O)OC)s1. The van der Waals surface area contributed by atoms with Crippen molar-refractivity contribution in [1.29, 1.82) is 0 Å². The molecule has 7 nitrogen and oxygen atoms in total. The van der Waals surface area contributed by atoms with Crippen LogP contribution in [0.15, 0.2) is 28.6 Å². The van der Waals surface area contributed by atoms with Crippen LogP contribution in [0.3, 0.4) is 0 Å². The fourth-order valence-electron chi connectivity index (χ4n) is 1.91. The zero-order valence-corrected chi connectivity index (χ0v) is 15.7. The van der Waals surface area contributed by atoms with E-state index in [4.69, 9.17) is 4.74 Å². The molecule has 2 rings (SSSR count). The Hall–Kier alpha value is -2.13. The van der Waals surface area contributed by atoms with Crippen molar-refractivity contribution in [2.45, 2.75) is 24.1 Å². The third-order valence-electron chi connectivity index (χ3n) is 3.15. The number of esters is 1. The molecule has 9 heteroatoms. The average Bonchev–Trinajstić information content (AvgIpc) is 3.08. The molecular weight excluding hydrogens is 360 g/mol. The predicted molar refractivity (Wildman–Crippen MR) is 100 cm³/mol. The molecule has 1 aromatic heterocycles. The number of hydrogen-bond donors (Lipinski definition) is 2. The Morgan fingerprint density at radius 2 is 2.08 bits per heavy atom. The van der Waals surface area contributed by atoms with Gasteiger partial charge in [0.25, 0.3) is 0 Å². The molecule has 0 spiro atoms. The number of carbonyl (C=O) groups is 2. The van der Waals surface area contributed by atoms with Crippen LogP contribution in [-0.4, -0.2) is 41.5 Å². The molecule has 1 aromatic carbocycles. The summed E-state index contributed by atoms with van der Waals surface area (Å²) < 4.78 is 5.43. The second-order valence-corrected chi connectivity index (χ2v) is 7.23. The number of carbonyl (C=O) groups excluding carboxylic acids is 2. The van der Waals surface area contributed by atoms with Crippen molar-refractivity contribution in [3.8, 4) is 0 Å². The molecule has 0 aliphatic rings. The first-order chi connectivity index (χ1) is 12.1. The number of nitrogens with zero attached hydrogens (tertiary/aromatic N) is 2. The van der Waals surface area contributed by atoms with Crippen molar-refractivity contribution in [1.82, 2.24) is 10.2 Å². The molecule has 25 heavy (non-hydrogen) atoms. The molecule has 1 heterocycles. The Bertz CT molecular complexity index is 721. The highest BCUT2D eigenvalue weighted by Gasteiger charge is 2.14. The Morgan fingerprint density at radius 1 is 1.28 bits per heavy atom. The van der Waals surface area contributed by atoms with Crippen LogP contribution in [0, 0.1) is 0 Å². The number of nitrogens with one attached hydrogen (secondary N) is 2. The summed E-state index contributed by atoms with van der Waals surface area (Å²) in [7, 11) is 1.30. The van der Waals surface area contributed by atoms with Gasteiger partial charge >= 0.3 is 5.97 Å². The maximum atomic E-state index is 12.1. The Labute approximate surface area is 154 Å². The topological polar surface area (TPSA) is 93.2 Å². The van der Waals surface area contributed by atoms with E-state index in [2.05, 4.69) is 27.8 Å². The van der Waals surface area contributed by atoms with Crippen molar-refractivity contribution < 1.29 is 14.3 Å². The summed E-state index contributed by atoms with van der Waals surface area (Å²) in [6.45, 7) is 2.99. The summed E-state index contributed by atoms with van der Waals surface area (Å²) in [5, 5.41) is 14.8. The summed E-state index contributed by atoms with van der Waals surface area (Å²) >= 11 is 2.72. The van der Waals surface area contributed by atoms with E-state index in [1.807, 2.05) is 0 Å². The standard InChI is InChI=1S/C16H20N4O3S2/c1-3-4-9-17-15-19-20-16(25-15)24-10-13(21)18-12-8-6-5-7-11(12)14(22)23-2/h5-8H,3-4,9-10H2,1-2H3,(H,17,19)(H,18,21). The third kappa shape index (κ3) is 6.02. The van der Waals surface area contributed by atoms with Crippen LogP contribution in [0.1, 0.15) is 30.1 Å². The maximum Gasteiger partial charge on any atom is 0.339 e. The second kappa shape index (κ2) is 10.00. The number of anilines is 2. The van der Waals surface area contributed by atoms with Crippen LogP contribution in [-0.2, 0) is 9.53 Å². The van der Waals surface area contributed by atoms with Gasteiger partial charge in [-0.1, -0.05) is 48.6 Å². The lowest BCUT2D eigenvalue weighted by molar-refractivity contribution is -0.113. The molecule has 2 N–H and O–H groups in total. The minimum absolute atomic E-state index is 0.180. The normalized spacial score (nSPS) is 10.3. The summed E-state index contributed by atoms with van der Waals surface area (Å²) in [5.41, 5.74) is 0.751. The molecule has 0 unspecified atom stereocenters. The molecule has 1 amide bonds. The van der Waals surface area contributed by atoms with Crippen molar-refractivity contribution in [3.05, 3.63) is 29.8 Å². The molecule has 0 bridgehead atoms. The predicted octanol–water partition coefficient (Wildman–Crippen LogP) is 3.27. The van der Waals surface area contributed by atoms with E-state index in [-0.39, 0.29) is 11.7 Å². The molecule has 0 aliphatic carbocycles. The van der Waals surface area contributed by atoms with Gasteiger partial charge in [-0.25, -0.2) is 4.79 Å². The quantitative estimate of drug-likeness (QED) is 0.392. The highest BCUT2D eigenvalue weighted by atomic mass is 32.2. The Morgan fingerprint density at radius 3 is 2.84 bits per heavy atom. The van der Waals surface area contributed by atoms with Crippen LogP contribution in [0.2, 0.25) is 0 Å². The number of aromatic nitrogens is 2. The highest BCUT2D eigenvalue weighted by Crippen LogP contribution is 2.25. The van der Waals surface area contributed by atoms with Gasteiger partial charge < -0.3 is 15.4 Å². The number of unbranched alkanes of at least 4 members (excludes halogenated alkanes) is 1. The maximum absolute atomic E-state index is 12.1. The van der Waals surface area contributed by atoms with Crippen molar-refractivity contribution >= 4 is 45.8 Å². The second-order valence-electron chi connectivity index (χ2n) is 5.03. The molecule has 2 aromatic rings. The number of ether oxygens (including phenoxy) is 1. The highest BCUT2D eigenvalue weighted by molar-refractivity contribution is 8.01. The molecule has 0 saturated carbocycles. The van der Waals surface area contributed by atoms with Crippen molar-refractivity contribution in [2.75, 3.05) is 30.0 Å². The molecule has 0 radical (unpaired) electrons. The molecule has 0 atom stereocenters. The zero-order valence-electron chi connectivity index (χ0n) is 14.1. The van der Waals surface area contributed by atoms with E-state index in [1.165, 1.54) is 30.2 Å². The average molecular weight is 380 g/mol. The minimum atomic E-state index is -0.490.